The molecule has 4 nitrogen and oxygen atoms in total. The third kappa shape index (κ3) is 2.32. The van der Waals surface area contributed by atoms with Gasteiger partial charge in [0, 0.05) is 24.1 Å². The molecule has 0 saturated carbocycles. The molecule has 0 bridgehead atoms. The maximum atomic E-state index is 5.86. The Kier molecular flexibility index (Phi) is 3.71. The molecule has 2 aromatic carbocycles. The van der Waals surface area contributed by atoms with Crippen LogP contribution in [0, 0.1) is 0 Å². The molecule has 0 radical (unpaired) electrons. The molecule has 4 heteroatoms. The van der Waals surface area contributed by atoms with Crippen molar-refractivity contribution in [2.24, 2.45) is 5.73 Å². The first-order valence-electron chi connectivity index (χ1n) is 6.98. The highest BCUT2D eigenvalue weighted by atomic mass is 16.5. The third-order valence-corrected chi connectivity index (χ3v) is 3.79. The normalized spacial score (nSPS) is 12.7. The number of fused-ring (bicyclic) bond motifs is 1. The van der Waals surface area contributed by atoms with Crippen molar-refractivity contribution in [3.63, 3.8) is 0 Å². The minimum Gasteiger partial charge on any atom is -0.493 e. The fourth-order valence-corrected chi connectivity index (χ4v) is 2.81. The predicted octanol–water partition coefficient (Wildman–Crippen LogP) is 2.76. The fourth-order valence-electron chi connectivity index (χ4n) is 2.81. The van der Waals surface area contributed by atoms with Crippen molar-refractivity contribution in [3.05, 3.63) is 41.5 Å². The standard InChI is InChI=1S/C17H19NO3/c1-19-15-5-3-4-14(17(15)20-2)12-8-11-6-7-21-16(11)13(9-12)10-18/h3-5,8-9H,6-7,10,18H2,1-2H3. The number of nitrogens with two attached hydrogens (primary N) is 1. The van der Waals surface area contributed by atoms with Crippen LogP contribution in [0.15, 0.2) is 30.3 Å². The second kappa shape index (κ2) is 5.66. The molecular formula is C17H19NO3. The van der Waals surface area contributed by atoms with Crippen LogP contribution in [0.2, 0.25) is 0 Å². The van der Waals surface area contributed by atoms with Gasteiger partial charge < -0.3 is 19.9 Å². The summed E-state index contributed by atoms with van der Waals surface area (Å²) in [5.74, 6) is 2.41. The van der Waals surface area contributed by atoms with Crippen molar-refractivity contribution in [1.29, 1.82) is 0 Å². The molecule has 2 aromatic rings. The van der Waals surface area contributed by atoms with E-state index in [0.29, 0.717) is 6.54 Å². The molecule has 0 unspecified atom stereocenters. The van der Waals surface area contributed by atoms with Crippen LogP contribution in [-0.2, 0) is 13.0 Å². The van der Waals surface area contributed by atoms with Crippen LogP contribution < -0.4 is 19.9 Å². The quantitative estimate of drug-likeness (QED) is 0.938. The van der Waals surface area contributed by atoms with Gasteiger partial charge in [-0.1, -0.05) is 12.1 Å². The van der Waals surface area contributed by atoms with Gasteiger partial charge >= 0.3 is 0 Å². The van der Waals surface area contributed by atoms with Gasteiger partial charge in [-0.05, 0) is 29.3 Å². The highest BCUT2D eigenvalue weighted by molar-refractivity contribution is 5.76. The Morgan fingerprint density at radius 3 is 2.76 bits per heavy atom. The number of ether oxygens (including phenoxy) is 3. The van der Waals surface area contributed by atoms with Crippen LogP contribution >= 0.6 is 0 Å². The Hall–Kier alpha value is -2.20. The summed E-state index contributed by atoms with van der Waals surface area (Å²) in [5.41, 5.74) is 10.2. The molecule has 0 fully saturated rings. The summed E-state index contributed by atoms with van der Waals surface area (Å²) in [5, 5.41) is 0. The molecule has 0 aromatic heterocycles. The summed E-state index contributed by atoms with van der Waals surface area (Å²) >= 11 is 0. The number of hydrogen-bond donors (Lipinski definition) is 1. The summed E-state index contributed by atoms with van der Waals surface area (Å²) in [7, 11) is 3.30. The summed E-state index contributed by atoms with van der Waals surface area (Å²) in [6.45, 7) is 1.18. The Morgan fingerprint density at radius 1 is 1.19 bits per heavy atom. The van der Waals surface area contributed by atoms with Gasteiger partial charge in [-0.15, -0.1) is 0 Å². The maximum absolute atomic E-state index is 5.86. The lowest BCUT2D eigenvalue weighted by atomic mass is 9.97. The van der Waals surface area contributed by atoms with E-state index in [2.05, 4.69) is 12.1 Å². The highest BCUT2D eigenvalue weighted by Gasteiger charge is 2.19. The van der Waals surface area contributed by atoms with Crippen LogP contribution in [0.5, 0.6) is 17.2 Å². The molecule has 0 spiro atoms. The summed E-state index contributed by atoms with van der Waals surface area (Å²) < 4.78 is 16.6. The van der Waals surface area contributed by atoms with Crippen molar-refractivity contribution < 1.29 is 14.2 Å². The van der Waals surface area contributed by atoms with Crippen molar-refractivity contribution in [2.45, 2.75) is 13.0 Å². The summed E-state index contributed by atoms with van der Waals surface area (Å²) in [6.07, 6.45) is 0.919. The molecule has 1 aliphatic heterocycles. The Labute approximate surface area is 124 Å². The number of para-hydroxylation sites is 1. The van der Waals surface area contributed by atoms with E-state index in [4.69, 9.17) is 19.9 Å². The minimum atomic E-state index is 0.461. The second-order valence-corrected chi connectivity index (χ2v) is 4.97. The molecule has 0 saturated heterocycles. The number of hydrogen-bond acceptors (Lipinski definition) is 4. The van der Waals surface area contributed by atoms with Gasteiger partial charge in [-0.2, -0.15) is 0 Å². The number of rotatable bonds is 4. The molecule has 1 aliphatic rings. The van der Waals surface area contributed by atoms with Crippen LogP contribution in [0.4, 0.5) is 0 Å². The van der Waals surface area contributed by atoms with Crippen molar-refractivity contribution in [3.8, 4) is 28.4 Å². The molecule has 3 rings (SSSR count). The summed E-state index contributed by atoms with van der Waals surface area (Å²) in [4.78, 5) is 0. The van der Waals surface area contributed by atoms with Gasteiger partial charge in [0.25, 0.3) is 0 Å². The number of methoxy groups -OCH3 is 2. The van der Waals surface area contributed by atoms with E-state index >= 15 is 0 Å². The monoisotopic (exact) mass is 285 g/mol. The van der Waals surface area contributed by atoms with Gasteiger partial charge in [0.15, 0.2) is 11.5 Å². The van der Waals surface area contributed by atoms with Gasteiger partial charge in [0.2, 0.25) is 0 Å². The zero-order chi connectivity index (χ0) is 14.8. The van der Waals surface area contributed by atoms with Crippen LogP contribution in [0.1, 0.15) is 11.1 Å². The first-order chi connectivity index (χ1) is 10.3. The first kappa shape index (κ1) is 13.8. The van der Waals surface area contributed by atoms with Crippen molar-refractivity contribution >= 4 is 0 Å². The SMILES string of the molecule is COc1cccc(-c2cc(CN)c3c(c2)CCO3)c1OC. The van der Waals surface area contributed by atoms with Crippen LogP contribution in [-0.4, -0.2) is 20.8 Å². The minimum absolute atomic E-state index is 0.461. The van der Waals surface area contributed by atoms with E-state index in [0.717, 1.165) is 47.0 Å². The van der Waals surface area contributed by atoms with Crippen LogP contribution in [0.3, 0.4) is 0 Å². The fraction of sp³-hybridized carbons (Fsp3) is 0.294. The molecule has 1 heterocycles. The van der Waals surface area contributed by atoms with Crippen molar-refractivity contribution in [2.75, 3.05) is 20.8 Å². The molecule has 2 N–H and O–H groups in total. The Balaban J connectivity index is 2.17. The number of benzene rings is 2. The molecule has 0 aliphatic carbocycles. The van der Waals surface area contributed by atoms with Gasteiger partial charge in [0.05, 0.1) is 20.8 Å². The average Bonchev–Trinajstić information content (AvgIpc) is 3.01. The predicted molar refractivity (Wildman–Crippen MR) is 82.1 cm³/mol. The lowest BCUT2D eigenvalue weighted by molar-refractivity contribution is 0.353. The lowest BCUT2D eigenvalue weighted by Gasteiger charge is -2.15. The van der Waals surface area contributed by atoms with E-state index in [1.807, 2.05) is 18.2 Å². The molecule has 0 amide bonds. The summed E-state index contributed by atoms with van der Waals surface area (Å²) in [6, 6.07) is 10.1. The van der Waals surface area contributed by atoms with Gasteiger partial charge in [-0.3, -0.25) is 0 Å². The zero-order valence-electron chi connectivity index (χ0n) is 12.3. The van der Waals surface area contributed by atoms with E-state index in [1.54, 1.807) is 14.2 Å². The molecular weight excluding hydrogens is 266 g/mol. The lowest BCUT2D eigenvalue weighted by Crippen LogP contribution is -2.00. The molecule has 21 heavy (non-hydrogen) atoms. The van der Waals surface area contributed by atoms with E-state index in [-0.39, 0.29) is 0 Å². The van der Waals surface area contributed by atoms with E-state index in [9.17, 15) is 0 Å². The third-order valence-electron chi connectivity index (χ3n) is 3.79. The van der Waals surface area contributed by atoms with Crippen LogP contribution in [0.25, 0.3) is 11.1 Å². The topological polar surface area (TPSA) is 53.7 Å². The first-order valence-corrected chi connectivity index (χ1v) is 6.98. The Morgan fingerprint density at radius 2 is 2.05 bits per heavy atom. The highest BCUT2D eigenvalue weighted by Crippen LogP contribution is 2.41. The van der Waals surface area contributed by atoms with Crippen molar-refractivity contribution in [1.82, 2.24) is 0 Å². The molecule has 0 atom stereocenters. The largest absolute Gasteiger partial charge is 0.493 e. The molecule has 110 valence electrons. The average molecular weight is 285 g/mol. The van der Waals surface area contributed by atoms with E-state index < -0.39 is 0 Å². The van der Waals surface area contributed by atoms with E-state index in [1.165, 1.54) is 5.56 Å². The zero-order valence-corrected chi connectivity index (χ0v) is 12.3. The van der Waals surface area contributed by atoms with Gasteiger partial charge in [0.1, 0.15) is 5.75 Å². The van der Waals surface area contributed by atoms with Gasteiger partial charge in [-0.25, -0.2) is 0 Å². The second-order valence-electron chi connectivity index (χ2n) is 4.97. The Bertz CT molecular complexity index is 667. The maximum Gasteiger partial charge on any atom is 0.168 e. The smallest absolute Gasteiger partial charge is 0.168 e.